The van der Waals surface area contributed by atoms with Crippen LogP contribution in [0.4, 0.5) is 22.7 Å². The van der Waals surface area contributed by atoms with Gasteiger partial charge in [-0.3, -0.25) is 4.57 Å². The van der Waals surface area contributed by atoms with Crippen molar-refractivity contribution in [3.05, 3.63) is 178 Å². The van der Waals surface area contributed by atoms with Gasteiger partial charge in [-0.05, 0) is 192 Å². The minimum Gasteiger partial charge on any atom is -0.457 e. The Balaban J connectivity index is 0.964. The predicted octanol–water partition coefficient (Wildman–Crippen LogP) is 17.8. The van der Waals surface area contributed by atoms with E-state index < -0.39 is 0 Å². The van der Waals surface area contributed by atoms with E-state index in [9.17, 15) is 0 Å². The first-order valence-corrected chi connectivity index (χ1v) is 27.0. The molecule has 368 valence electrons. The van der Waals surface area contributed by atoms with Crippen molar-refractivity contribution in [2.24, 2.45) is 23.7 Å². The van der Waals surface area contributed by atoms with Crippen LogP contribution in [0.15, 0.2) is 134 Å². The first-order chi connectivity index (χ1) is 34.3. The third-order valence-electron chi connectivity index (χ3n) is 17.9. The molecule has 0 atom stereocenters. The minimum absolute atomic E-state index is 0.0329. The van der Waals surface area contributed by atoms with Gasteiger partial charge in [-0.2, -0.15) is 0 Å². The SMILES string of the molecule is Cc1cc(C2(c3ccnc(-n4c5ccccc5c5ccc(Oc6cc(N7CN(c8c(C(C)(C)C)cccc8C(C)(C)C)c8ccccc87)cc(C(C)(C)C)c6)cc54)c3)C3CC4CC(C3)CC2C4)cc(C)c1C. The molecule has 6 aromatic carbocycles. The number of aryl methyl sites for hydroxylation is 2. The summed E-state index contributed by atoms with van der Waals surface area (Å²) in [5, 5.41) is 2.42. The van der Waals surface area contributed by atoms with Crippen LogP contribution >= 0.6 is 0 Å². The number of anilines is 4. The van der Waals surface area contributed by atoms with Gasteiger partial charge in [-0.15, -0.1) is 0 Å². The van der Waals surface area contributed by atoms with Gasteiger partial charge in [0, 0.05) is 40.2 Å². The fourth-order valence-electron chi connectivity index (χ4n) is 14.4. The number of fused-ring (bicyclic) bond motifs is 4. The summed E-state index contributed by atoms with van der Waals surface area (Å²) in [7, 11) is 0. The van der Waals surface area contributed by atoms with Gasteiger partial charge in [0.2, 0.25) is 0 Å². The van der Waals surface area contributed by atoms with Crippen LogP contribution in [0.1, 0.15) is 139 Å². The summed E-state index contributed by atoms with van der Waals surface area (Å²) in [5.74, 6) is 5.60. The molecule has 4 fully saturated rings. The van der Waals surface area contributed by atoms with Gasteiger partial charge in [0.25, 0.3) is 0 Å². The number of hydrogen-bond acceptors (Lipinski definition) is 4. The third-order valence-corrected chi connectivity index (χ3v) is 17.9. The summed E-state index contributed by atoms with van der Waals surface area (Å²) in [6, 6.07) is 48.2. The van der Waals surface area contributed by atoms with E-state index in [0.29, 0.717) is 18.5 Å². The van der Waals surface area contributed by atoms with Crippen molar-refractivity contribution < 1.29 is 4.74 Å². The molecule has 3 heterocycles. The largest absolute Gasteiger partial charge is 0.457 e. The Morgan fingerprint density at radius 3 is 1.78 bits per heavy atom. The molecule has 5 nitrogen and oxygen atoms in total. The molecule has 13 rings (SSSR count). The minimum atomic E-state index is -0.122. The average Bonchev–Trinajstić information content (AvgIpc) is 3.88. The molecule has 4 aliphatic carbocycles. The molecule has 4 bridgehead atoms. The number of hydrogen-bond donors (Lipinski definition) is 0. The molecule has 72 heavy (non-hydrogen) atoms. The molecule has 5 heteroatoms. The summed E-state index contributed by atoms with van der Waals surface area (Å²) >= 11 is 0. The third kappa shape index (κ3) is 7.49. The van der Waals surface area contributed by atoms with E-state index >= 15 is 0 Å². The van der Waals surface area contributed by atoms with E-state index in [-0.39, 0.29) is 21.7 Å². The van der Waals surface area contributed by atoms with Gasteiger partial charge in [-0.1, -0.05) is 123 Å². The van der Waals surface area contributed by atoms with Gasteiger partial charge in [-0.25, -0.2) is 4.98 Å². The second-order valence-electron chi connectivity index (χ2n) is 25.6. The smallest absolute Gasteiger partial charge is 0.137 e. The lowest BCUT2D eigenvalue weighted by Gasteiger charge is -2.62. The summed E-state index contributed by atoms with van der Waals surface area (Å²) in [4.78, 5) is 10.3. The molecule has 0 unspecified atom stereocenters. The average molecular weight is 951 g/mol. The lowest BCUT2D eigenvalue weighted by atomic mass is 9.42. The zero-order chi connectivity index (χ0) is 50.2. The molecule has 0 spiro atoms. The normalized spacial score (nSPS) is 21.8. The summed E-state index contributed by atoms with van der Waals surface area (Å²) < 4.78 is 9.56. The maximum atomic E-state index is 7.15. The Labute approximate surface area is 429 Å². The fourth-order valence-corrected chi connectivity index (χ4v) is 14.4. The van der Waals surface area contributed by atoms with Gasteiger partial charge in [0.15, 0.2) is 0 Å². The van der Waals surface area contributed by atoms with E-state index in [4.69, 9.17) is 9.72 Å². The van der Waals surface area contributed by atoms with Crippen molar-refractivity contribution in [3.8, 4) is 17.3 Å². The first-order valence-electron chi connectivity index (χ1n) is 27.0. The Bertz CT molecular complexity index is 3360. The Morgan fingerprint density at radius 2 is 1.14 bits per heavy atom. The lowest BCUT2D eigenvalue weighted by molar-refractivity contribution is -0.0419. The molecular formula is C67H74N4O. The first kappa shape index (κ1) is 46.7. The standard InChI is InChI=1S/C67H74N4O/c1-41-28-48(29-42(2)43(41)3)67(49-31-44-30-45(33-49)34-50(67)32-44)46-26-27-68-62(37-46)71-58-21-14-13-18-54(58)55-25-24-52(39-61(55)71)72-53-36-47(64(4,5)6)35-51(38-53)69-40-70(60-23-16-15-22-59(60)69)63-56(65(7,8)9)19-17-20-57(63)66(10,11)12/h13-29,35-39,44-45,49-50H,30-34,40H2,1-12H3. The van der Waals surface area contributed by atoms with E-state index in [2.05, 4.69) is 231 Å². The molecule has 0 saturated heterocycles. The molecule has 1 aliphatic heterocycles. The highest BCUT2D eigenvalue weighted by Gasteiger charge is 2.59. The van der Waals surface area contributed by atoms with Crippen molar-refractivity contribution in [3.63, 3.8) is 0 Å². The van der Waals surface area contributed by atoms with E-state index in [1.54, 1.807) is 0 Å². The summed E-state index contributed by atoms with van der Waals surface area (Å²) in [5.41, 5.74) is 18.0. The fraction of sp³-hybridized carbons (Fsp3) is 0.388. The van der Waals surface area contributed by atoms with E-state index in [1.807, 2.05) is 0 Å². The van der Waals surface area contributed by atoms with Crippen LogP contribution in [0, 0.1) is 44.4 Å². The van der Waals surface area contributed by atoms with Crippen LogP contribution in [0.3, 0.4) is 0 Å². The molecule has 8 aromatic rings. The van der Waals surface area contributed by atoms with Crippen LogP contribution < -0.4 is 14.5 Å². The number of rotatable bonds is 7. The second-order valence-corrected chi connectivity index (χ2v) is 25.6. The molecule has 2 aromatic heterocycles. The molecule has 0 amide bonds. The Kier molecular flexibility index (Phi) is 10.8. The van der Waals surface area contributed by atoms with Gasteiger partial charge in [0.1, 0.15) is 24.0 Å². The Hall–Kier alpha value is -6.33. The van der Waals surface area contributed by atoms with Crippen LogP contribution in [0.25, 0.3) is 27.6 Å². The van der Waals surface area contributed by atoms with Crippen molar-refractivity contribution in [1.82, 2.24) is 9.55 Å². The summed E-state index contributed by atoms with van der Waals surface area (Å²) in [6.45, 7) is 28.6. The second kappa shape index (κ2) is 16.6. The number of nitrogens with zero attached hydrogens (tertiary/aromatic N) is 4. The topological polar surface area (TPSA) is 33.5 Å². The predicted molar refractivity (Wildman–Crippen MR) is 302 cm³/mol. The van der Waals surface area contributed by atoms with Crippen LogP contribution in [0.5, 0.6) is 11.5 Å². The molecule has 0 radical (unpaired) electrons. The molecule has 0 N–H and O–H groups in total. The van der Waals surface area contributed by atoms with Crippen LogP contribution in [-0.4, -0.2) is 16.2 Å². The van der Waals surface area contributed by atoms with E-state index in [0.717, 1.165) is 45.9 Å². The number of aromatic nitrogens is 2. The van der Waals surface area contributed by atoms with Gasteiger partial charge in [0.05, 0.1) is 28.1 Å². The highest BCUT2D eigenvalue weighted by atomic mass is 16.5. The zero-order valence-corrected chi connectivity index (χ0v) is 45.0. The maximum Gasteiger partial charge on any atom is 0.137 e. The number of para-hydroxylation sites is 4. The highest BCUT2D eigenvalue weighted by Crippen LogP contribution is 2.65. The van der Waals surface area contributed by atoms with Crippen LogP contribution in [-0.2, 0) is 21.7 Å². The monoisotopic (exact) mass is 951 g/mol. The zero-order valence-electron chi connectivity index (χ0n) is 45.0. The quantitative estimate of drug-likeness (QED) is 0.159. The van der Waals surface area contributed by atoms with Crippen molar-refractivity contribution in [1.29, 1.82) is 0 Å². The number of benzene rings is 6. The van der Waals surface area contributed by atoms with Crippen molar-refractivity contribution in [2.45, 2.75) is 137 Å². The molecule has 5 aliphatic rings. The lowest BCUT2D eigenvalue weighted by Crippen LogP contribution is -2.56. The number of ether oxygens (including phenoxy) is 1. The molecular weight excluding hydrogens is 877 g/mol. The van der Waals surface area contributed by atoms with Crippen LogP contribution in [0.2, 0.25) is 0 Å². The Morgan fingerprint density at radius 1 is 0.528 bits per heavy atom. The van der Waals surface area contributed by atoms with Gasteiger partial charge >= 0.3 is 0 Å². The maximum absolute atomic E-state index is 7.15. The van der Waals surface area contributed by atoms with Crippen molar-refractivity contribution >= 4 is 44.6 Å². The van der Waals surface area contributed by atoms with Crippen molar-refractivity contribution in [2.75, 3.05) is 16.5 Å². The summed E-state index contributed by atoms with van der Waals surface area (Å²) in [6.07, 6.45) is 8.86. The van der Waals surface area contributed by atoms with E-state index in [1.165, 1.54) is 104 Å². The van der Waals surface area contributed by atoms with Gasteiger partial charge < -0.3 is 14.5 Å². The molecule has 4 saturated carbocycles. The highest BCUT2D eigenvalue weighted by molar-refractivity contribution is 6.09. The number of pyridine rings is 1.